The molecule has 17 heavy (non-hydrogen) atoms. The van der Waals surface area contributed by atoms with Crippen LogP contribution in [0.3, 0.4) is 0 Å². The Morgan fingerprint density at radius 1 is 1.00 bits per heavy atom. The third-order valence-electron chi connectivity index (χ3n) is 2.08. The maximum Gasteiger partial charge on any atom is 0.476 e. The van der Waals surface area contributed by atoms with E-state index in [1.807, 2.05) is 13.5 Å². The van der Waals surface area contributed by atoms with Gasteiger partial charge in [-0.1, -0.05) is 22.5 Å². The summed E-state index contributed by atoms with van der Waals surface area (Å²) in [6.45, 7) is 13.0. The van der Waals surface area contributed by atoms with E-state index in [1.165, 1.54) is 11.1 Å². The zero-order valence-electron chi connectivity index (χ0n) is 12.0. The fraction of sp³-hybridized carbons (Fsp3) is 0.636. The van der Waals surface area contributed by atoms with Crippen molar-refractivity contribution >= 4 is 28.3 Å². The highest BCUT2D eigenvalue weighted by molar-refractivity contribution is 6.70. The molecule has 0 rings (SSSR count). The minimum absolute atomic E-state index is 0.657. The van der Waals surface area contributed by atoms with Crippen LogP contribution in [0, 0.1) is 0 Å². The summed E-state index contributed by atoms with van der Waals surface area (Å²) >= 11 is 0. The number of hydrogen-bond acceptors (Lipinski definition) is 3. The summed E-state index contributed by atoms with van der Waals surface area (Å²) in [7, 11) is -3.66. The molecule has 0 aromatic carbocycles. The number of rotatable bonds is 8. The highest BCUT2D eigenvalue weighted by Gasteiger charge is 2.32. The fourth-order valence-electron chi connectivity index (χ4n) is 1.11. The summed E-state index contributed by atoms with van der Waals surface area (Å²) in [4.78, 5) is 0. The molecule has 0 aliphatic carbocycles. The van der Waals surface area contributed by atoms with Crippen LogP contribution in [-0.4, -0.2) is 34.9 Å². The first-order valence-corrected chi connectivity index (χ1v) is 11.1. The molecule has 0 saturated heterocycles. The first-order chi connectivity index (χ1) is 7.89. The van der Waals surface area contributed by atoms with Gasteiger partial charge in [0.15, 0.2) is 19.5 Å². The maximum atomic E-state index is 5.93. The molecule has 0 saturated carbocycles. The summed E-state index contributed by atoms with van der Waals surface area (Å²) in [5.74, 6) is 0. The molecular weight excluding hydrogens is 264 g/mol. The van der Waals surface area contributed by atoms with E-state index in [0.717, 1.165) is 0 Å². The van der Waals surface area contributed by atoms with Crippen LogP contribution in [-0.2, 0) is 12.7 Å². The Hall–Kier alpha value is 0.0106. The molecule has 0 spiro atoms. The Morgan fingerprint density at radius 2 is 1.41 bits per heavy atom. The van der Waals surface area contributed by atoms with Crippen LogP contribution in [0.1, 0.15) is 34.6 Å². The zero-order chi connectivity index (χ0) is 13.3. The molecule has 100 valence electrons. The van der Waals surface area contributed by atoms with Gasteiger partial charge in [0.05, 0.1) is 0 Å². The Labute approximate surface area is 111 Å². The van der Waals surface area contributed by atoms with Crippen molar-refractivity contribution in [3.8, 4) is 0 Å². The van der Waals surface area contributed by atoms with E-state index in [-0.39, 0.29) is 0 Å². The highest BCUT2D eigenvalue weighted by Crippen LogP contribution is 2.08. The molecule has 3 nitrogen and oxygen atoms in total. The van der Waals surface area contributed by atoms with Crippen LogP contribution < -0.4 is 0 Å². The Bertz CT molecular complexity index is 247. The first-order valence-electron chi connectivity index (χ1n) is 6.08. The second-order valence-corrected chi connectivity index (χ2v) is 10.3. The Balaban J connectivity index is 4.24. The lowest BCUT2D eigenvalue weighted by Crippen LogP contribution is -2.44. The molecule has 0 N–H and O–H groups in total. The van der Waals surface area contributed by atoms with Gasteiger partial charge < -0.3 is 12.7 Å². The van der Waals surface area contributed by atoms with Crippen molar-refractivity contribution in [2.24, 2.45) is 0 Å². The molecule has 0 bridgehead atoms. The van der Waals surface area contributed by atoms with Crippen LogP contribution in [0.15, 0.2) is 22.5 Å². The molecule has 0 heterocycles. The van der Waals surface area contributed by atoms with Crippen molar-refractivity contribution in [1.29, 1.82) is 0 Å². The lowest BCUT2D eigenvalue weighted by molar-refractivity contribution is 0.190. The van der Waals surface area contributed by atoms with Crippen molar-refractivity contribution in [3.05, 3.63) is 22.5 Å². The molecule has 0 aromatic heterocycles. The first kappa shape index (κ1) is 17.0. The minimum atomic E-state index is -2.35. The van der Waals surface area contributed by atoms with Gasteiger partial charge in [-0.15, -0.1) is 0 Å². The quantitative estimate of drug-likeness (QED) is 0.636. The van der Waals surface area contributed by atoms with E-state index in [0.29, 0.717) is 6.61 Å². The molecule has 0 aromatic rings. The average molecular weight is 291 g/mol. The summed E-state index contributed by atoms with van der Waals surface area (Å²) in [5, 5.41) is 0. The van der Waals surface area contributed by atoms with Crippen LogP contribution >= 0.6 is 0 Å². The number of hydrogen-bond donors (Lipinski definition) is 0. The monoisotopic (exact) mass is 290 g/mol. The molecule has 0 unspecified atom stereocenters. The van der Waals surface area contributed by atoms with Gasteiger partial charge in [0, 0.05) is 13.2 Å². The van der Waals surface area contributed by atoms with E-state index in [1.54, 1.807) is 0 Å². The van der Waals surface area contributed by atoms with E-state index in [4.69, 9.17) is 12.7 Å². The smallest absolute Gasteiger partial charge is 0.418 e. The predicted octanol–water partition coefficient (Wildman–Crippen LogP) is 1.64. The molecule has 0 atom stereocenters. The molecule has 0 aliphatic rings. The number of allylic oxidation sites excluding steroid dienone is 2. The summed E-state index contributed by atoms with van der Waals surface area (Å²) in [5.41, 5.74) is 7.00. The standard InChI is InChI=1S/C11H26O3Si3/c1-7-12-17(6,13-15-8-10(2)3)14-16-9-11(4)5/h8-9H,7,15-16H2,1-6H3. The van der Waals surface area contributed by atoms with Gasteiger partial charge in [-0.25, -0.2) is 0 Å². The van der Waals surface area contributed by atoms with E-state index in [9.17, 15) is 0 Å². The van der Waals surface area contributed by atoms with Gasteiger partial charge in [0.2, 0.25) is 0 Å². The normalized spacial score (nSPS) is 15.4. The topological polar surface area (TPSA) is 27.7 Å². The molecular formula is C11H26O3Si3. The maximum absolute atomic E-state index is 5.93. The SMILES string of the molecule is CCO[Si](C)(O[SiH2]C=C(C)C)O[SiH2]C=C(C)C. The molecule has 6 heteroatoms. The third kappa shape index (κ3) is 9.69. The Kier molecular flexibility index (Phi) is 9.01. The van der Waals surface area contributed by atoms with E-state index in [2.05, 4.69) is 39.1 Å². The van der Waals surface area contributed by atoms with Crippen LogP contribution in [0.4, 0.5) is 0 Å². The van der Waals surface area contributed by atoms with Crippen molar-refractivity contribution in [2.75, 3.05) is 6.61 Å². The molecule has 0 fully saturated rings. The summed E-state index contributed by atoms with van der Waals surface area (Å²) in [6.07, 6.45) is 0. The van der Waals surface area contributed by atoms with Crippen LogP contribution in [0.2, 0.25) is 6.55 Å². The molecule has 0 aliphatic heterocycles. The van der Waals surface area contributed by atoms with Crippen molar-refractivity contribution in [1.82, 2.24) is 0 Å². The lowest BCUT2D eigenvalue weighted by atomic mass is 10.4. The fourth-order valence-corrected chi connectivity index (χ4v) is 7.14. The largest absolute Gasteiger partial charge is 0.476 e. The molecule has 0 radical (unpaired) electrons. The van der Waals surface area contributed by atoms with Crippen molar-refractivity contribution < 1.29 is 12.7 Å². The van der Waals surface area contributed by atoms with E-state index < -0.39 is 28.3 Å². The second kappa shape index (κ2) is 9.01. The second-order valence-electron chi connectivity index (χ2n) is 4.48. The predicted molar refractivity (Wildman–Crippen MR) is 81.4 cm³/mol. The van der Waals surface area contributed by atoms with Crippen LogP contribution in [0.5, 0.6) is 0 Å². The third-order valence-corrected chi connectivity index (χ3v) is 10.4. The van der Waals surface area contributed by atoms with E-state index >= 15 is 0 Å². The summed E-state index contributed by atoms with van der Waals surface area (Å²) in [6, 6.07) is 0. The van der Waals surface area contributed by atoms with Crippen molar-refractivity contribution in [3.63, 3.8) is 0 Å². The van der Waals surface area contributed by atoms with Gasteiger partial charge in [0.1, 0.15) is 0 Å². The highest BCUT2D eigenvalue weighted by atomic mass is 28.4. The van der Waals surface area contributed by atoms with Gasteiger partial charge in [-0.2, -0.15) is 0 Å². The van der Waals surface area contributed by atoms with Gasteiger partial charge in [-0.05, 0) is 34.6 Å². The Morgan fingerprint density at radius 3 is 1.71 bits per heavy atom. The van der Waals surface area contributed by atoms with Gasteiger partial charge >= 0.3 is 8.80 Å². The minimum Gasteiger partial charge on any atom is -0.418 e. The van der Waals surface area contributed by atoms with Crippen LogP contribution in [0.25, 0.3) is 0 Å². The van der Waals surface area contributed by atoms with Crippen molar-refractivity contribution in [2.45, 2.75) is 41.2 Å². The summed E-state index contributed by atoms with van der Waals surface area (Å²) < 4.78 is 17.5. The average Bonchev–Trinajstić information content (AvgIpc) is 2.16. The van der Waals surface area contributed by atoms with Gasteiger partial charge in [-0.3, -0.25) is 0 Å². The zero-order valence-corrected chi connectivity index (χ0v) is 15.8. The van der Waals surface area contributed by atoms with Gasteiger partial charge in [0.25, 0.3) is 0 Å². The molecule has 0 amide bonds. The lowest BCUT2D eigenvalue weighted by Gasteiger charge is -2.25.